The van der Waals surface area contributed by atoms with Gasteiger partial charge in [-0.05, 0) is 37.5 Å². The number of ether oxygens (including phenoxy) is 1. The summed E-state index contributed by atoms with van der Waals surface area (Å²) >= 11 is 0. The first-order chi connectivity index (χ1) is 10.6. The third-order valence-corrected chi connectivity index (χ3v) is 3.65. The number of hydrogen-bond donors (Lipinski definition) is 1. The molecule has 1 aliphatic heterocycles. The van der Waals surface area contributed by atoms with Crippen LogP contribution < -0.4 is 5.32 Å². The normalized spacial score (nSPS) is 17.0. The second-order valence-corrected chi connectivity index (χ2v) is 5.38. The van der Waals surface area contributed by atoms with Crippen molar-refractivity contribution in [1.29, 1.82) is 5.26 Å². The summed E-state index contributed by atoms with van der Waals surface area (Å²) in [6.45, 7) is 3.15. The van der Waals surface area contributed by atoms with Crippen LogP contribution in [0.5, 0.6) is 0 Å². The van der Waals surface area contributed by atoms with Crippen LogP contribution in [0, 0.1) is 24.1 Å². The highest BCUT2D eigenvalue weighted by Crippen LogP contribution is 2.16. The molecule has 1 N–H and O–H groups in total. The zero-order valence-corrected chi connectivity index (χ0v) is 12.6. The molecule has 22 heavy (non-hydrogen) atoms. The fourth-order valence-corrected chi connectivity index (χ4v) is 2.37. The largest absolute Gasteiger partial charge is 0.376 e. The van der Waals surface area contributed by atoms with Gasteiger partial charge in [0.05, 0.1) is 18.6 Å². The van der Waals surface area contributed by atoms with E-state index in [1.165, 1.54) is 6.07 Å². The summed E-state index contributed by atoms with van der Waals surface area (Å²) in [6, 6.07) is 6.26. The predicted molar refractivity (Wildman–Crippen MR) is 80.9 cm³/mol. The van der Waals surface area contributed by atoms with Crippen LogP contribution in [-0.2, 0) is 4.74 Å². The number of hydrogen-bond acceptors (Lipinski definition) is 3. The van der Waals surface area contributed by atoms with Crippen LogP contribution >= 0.6 is 0 Å². The first kappa shape index (κ1) is 16.2. The van der Waals surface area contributed by atoms with Gasteiger partial charge in [-0.25, -0.2) is 9.18 Å². The number of urea groups is 1. The number of nitrogens with one attached hydrogen (secondary N) is 1. The number of anilines is 1. The Kier molecular flexibility index (Phi) is 5.73. The lowest BCUT2D eigenvalue weighted by molar-refractivity contribution is 0.0841. The van der Waals surface area contributed by atoms with Crippen molar-refractivity contribution in [3.63, 3.8) is 0 Å². The molecule has 0 bridgehead atoms. The smallest absolute Gasteiger partial charge is 0.321 e. The molecule has 0 radical (unpaired) electrons. The van der Waals surface area contributed by atoms with Gasteiger partial charge in [0.1, 0.15) is 5.82 Å². The number of amides is 2. The third kappa shape index (κ3) is 4.43. The highest BCUT2D eigenvalue weighted by molar-refractivity contribution is 5.89. The number of halogens is 1. The Labute approximate surface area is 129 Å². The molecule has 0 aromatic heterocycles. The highest BCUT2D eigenvalue weighted by Gasteiger charge is 2.22. The molecular formula is C16H20FN3O2. The van der Waals surface area contributed by atoms with Crippen LogP contribution in [0.4, 0.5) is 14.9 Å². The lowest BCUT2D eigenvalue weighted by Crippen LogP contribution is -2.40. The Morgan fingerprint density at radius 3 is 3.05 bits per heavy atom. The van der Waals surface area contributed by atoms with E-state index in [1.807, 2.05) is 6.07 Å². The maximum absolute atomic E-state index is 13.5. The van der Waals surface area contributed by atoms with Crippen molar-refractivity contribution in [2.45, 2.75) is 32.3 Å². The second-order valence-electron chi connectivity index (χ2n) is 5.38. The summed E-state index contributed by atoms with van der Waals surface area (Å²) < 4.78 is 19.1. The molecule has 1 heterocycles. The summed E-state index contributed by atoms with van der Waals surface area (Å²) in [7, 11) is 0. The van der Waals surface area contributed by atoms with E-state index in [4.69, 9.17) is 10.00 Å². The monoisotopic (exact) mass is 305 g/mol. The van der Waals surface area contributed by atoms with Gasteiger partial charge in [0.15, 0.2) is 0 Å². The molecule has 1 unspecified atom stereocenters. The van der Waals surface area contributed by atoms with E-state index in [2.05, 4.69) is 5.32 Å². The minimum atomic E-state index is -0.361. The predicted octanol–water partition coefficient (Wildman–Crippen LogP) is 3.06. The molecule has 1 aromatic carbocycles. The van der Waals surface area contributed by atoms with Gasteiger partial charge in [-0.15, -0.1) is 0 Å². The van der Waals surface area contributed by atoms with Gasteiger partial charge >= 0.3 is 6.03 Å². The summed E-state index contributed by atoms with van der Waals surface area (Å²) in [6.07, 6.45) is 2.17. The first-order valence-electron chi connectivity index (χ1n) is 7.41. The van der Waals surface area contributed by atoms with E-state index in [1.54, 1.807) is 24.0 Å². The van der Waals surface area contributed by atoms with Crippen LogP contribution in [0.3, 0.4) is 0 Å². The quantitative estimate of drug-likeness (QED) is 0.909. The van der Waals surface area contributed by atoms with Crippen molar-refractivity contribution in [2.75, 3.05) is 25.0 Å². The number of carbonyl (C=O) groups is 1. The summed E-state index contributed by atoms with van der Waals surface area (Å²) in [5.41, 5.74) is 0.932. The molecule has 1 fully saturated rings. The van der Waals surface area contributed by atoms with Crippen LogP contribution in [0.2, 0.25) is 0 Å². The average molecular weight is 305 g/mol. The van der Waals surface area contributed by atoms with Gasteiger partial charge in [0.25, 0.3) is 0 Å². The van der Waals surface area contributed by atoms with E-state index in [-0.39, 0.29) is 24.4 Å². The van der Waals surface area contributed by atoms with Crippen LogP contribution in [0.1, 0.15) is 24.8 Å². The van der Waals surface area contributed by atoms with Crippen LogP contribution in [-0.4, -0.2) is 36.7 Å². The lowest BCUT2D eigenvalue weighted by atomic mass is 10.2. The molecule has 1 atom stereocenters. The zero-order valence-electron chi connectivity index (χ0n) is 12.6. The van der Waals surface area contributed by atoms with E-state index >= 15 is 0 Å². The molecule has 118 valence electrons. The number of benzene rings is 1. The molecular weight excluding hydrogens is 285 g/mol. The SMILES string of the molecule is Cc1ccc(NC(=O)N(CCC#N)CC2CCCO2)cc1F. The number of rotatable bonds is 5. The first-order valence-corrected chi connectivity index (χ1v) is 7.41. The fraction of sp³-hybridized carbons (Fsp3) is 0.500. The minimum Gasteiger partial charge on any atom is -0.376 e. The summed E-state index contributed by atoms with van der Waals surface area (Å²) in [4.78, 5) is 13.9. The fourth-order valence-electron chi connectivity index (χ4n) is 2.37. The number of aryl methyl sites for hydroxylation is 1. The van der Waals surface area contributed by atoms with Gasteiger partial charge in [-0.1, -0.05) is 6.07 Å². The molecule has 2 amide bonds. The van der Waals surface area contributed by atoms with Crippen LogP contribution in [0.25, 0.3) is 0 Å². The maximum atomic E-state index is 13.5. The molecule has 0 saturated carbocycles. The maximum Gasteiger partial charge on any atom is 0.321 e. The molecule has 0 spiro atoms. The highest BCUT2D eigenvalue weighted by atomic mass is 19.1. The number of nitriles is 1. The Morgan fingerprint density at radius 2 is 2.41 bits per heavy atom. The Hall–Kier alpha value is -2.13. The lowest BCUT2D eigenvalue weighted by Gasteiger charge is -2.25. The number of nitrogens with zero attached hydrogens (tertiary/aromatic N) is 2. The molecule has 5 nitrogen and oxygen atoms in total. The average Bonchev–Trinajstić information content (AvgIpc) is 3.00. The Balaban J connectivity index is 2.00. The minimum absolute atomic E-state index is 0.0131. The summed E-state index contributed by atoms with van der Waals surface area (Å²) in [5.74, 6) is -0.361. The standard InChI is InChI=1S/C16H20FN3O2/c1-12-5-6-13(10-15(12)17)19-16(21)20(8-3-7-18)11-14-4-2-9-22-14/h5-6,10,14H,2-4,8-9,11H2,1H3,(H,19,21). The molecule has 1 aliphatic rings. The Bertz CT molecular complexity index is 565. The van der Waals surface area contributed by atoms with Crippen molar-refractivity contribution < 1.29 is 13.9 Å². The zero-order chi connectivity index (χ0) is 15.9. The van der Waals surface area contributed by atoms with E-state index in [9.17, 15) is 9.18 Å². The van der Waals surface area contributed by atoms with E-state index in [0.717, 1.165) is 12.8 Å². The topological polar surface area (TPSA) is 65.4 Å². The molecule has 0 aliphatic carbocycles. The van der Waals surface area contributed by atoms with Crippen molar-refractivity contribution in [2.24, 2.45) is 0 Å². The van der Waals surface area contributed by atoms with Gasteiger partial charge in [0.2, 0.25) is 0 Å². The van der Waals surface area contributed by atoms with Crippen molar-refractivity contribution in [3.8, 4) is 6.07 Å². The second kappa shape index (κ2) is 7.76. The van der Waals surface area contributed by atoms with Gasteiger partial charge in [-0.3, -0.25) is 0 Å². The van der Waals surface area contributed by atoms with Crippen molar-refractivity contribution >= 4 is 11.7 Å². The van der Waals surface area contributed by atoms with E-state index < -0.39 is 0 Å². The van der Waals surface area contributed by atoms with Crippen molar-refractivity contribution in [1.82, 2.24) is 4.90 Å². The third-order valence-electron chi connectivity index (χ3n) is 3.65. The molecule has 6 heteroatoms. The van der Waals surface area contributed by atoms with E-state index in [0.29, 0.717) is 30.9 Å². The summed E-state index contributed by atoms with van der Waals surface area (Å²) in [5, 5.41) is 11.4. The number of carbonyl (C=O) groups excluding carboxylic acids is 1. The van der Waals surface area contributed by atoms with Gasteiger partial charge in [0, 0.05) is 25.4 Å². The molecule has 1 saturated heterocycles. The Morgan fingerprint density at radius 1 is 1.59 bits per heavy atom. The van der Waals surface area contributed by atoms with Crippen molar-refractivity contribution in [3.05, 3.63) is 29.6 Å². The molecule has 1 aromatic rings. The van der Waals surface area contributed by atoms with Gasteiger partial charge in [-0.2, -0.15) is 5.26 Å². The molecule has 2 rings (SSSR count). The van der Waals surface area contributed by atoms with Gasteiger partial charge < -0.3 is 15.0 Å². The van der Waals surface area contributed by atoms with Crippen LogP contribution in [0.15, 0.2) is 18.2 Å².